The first kappa shape index (κ1) is 17.5. The van der Waals surface area contributed by atoms with Gasteiger partial charge >= 0.3 is 6.03 Å². The average Bonchev–Trinajstić information content (AvgIpc) is 2.67. The number of hydrogen-bond donors (Lipinski definition) is 2. The molecule has 0 unspecified atom stereocenters. The second-order valence-corrected chi connectivity index (χ2v) is 6.46. The first-order valence-corrected chi connectivity index (χ1v) is 8.73. The zero-order chi connectivity index (χ0) is 17.6. The standard InChI is InChI=1S/C17H25N5O3/c18-17(24)22-5-1-2-14(12-22)16(23)20-11-13-3-4-19-15(10-13)21-6-8-25-9-7-21/h3-4,10,14H,1-2,5-9,11-12H2,(H2,18,24)(H,20,23)/t14-/m0/s1. The Morgan fingerprint density at radius 3 is 2.88 bits per heavy atom. The van der Waals surface area contributed by atoms with Crippen LogP contribution in [-0.4, -0.2) is 61.2 Å². The number of piperidine rings is 1. The minimum atomic E-state index is -0.457. The molecule has 0 aliphatic carbocycles. The van der Waals surface area contributed by atoms with Gasteiger partial charge in [-0.1, -0.05) is 0 Å². The first-order valence-electron chi connectivity index (χ1n) is 8.73. The number of amides is 3. The van der Waals surface area contributed by atoms with E-state index in [0.717, 1.165) is 37.3 Å². The molecule has 8 nitrogen and oxygen atoms in total. The number of anilines is 1. The molecule has 1 atom stereocenters. The van der Waals surface area contributed by atoms with Crippen molar-refractivity contribution in [2.24, 2.45) is 11.7 Å². The van der Waals surface area contributed by atoms with Gasteiger partial charge in [0.2, 0.25) is 5.91 Å². The van der Waals surface area contributed by atoms with Crippen molar-refractivity contribution in [3.63, 3.8) is 0 Å². The van der Waals surface area contributed by atoms with Crippen LogP contribution in [0.15, 0.2) is 18.3 Å². The highest BCUT2D eigenvalue weighted by Gasteiger charge is 2.27. The molecule has 0 radical (unpaired) electrons. The molecule has 8 heteroatoms. The number of carbonyl (C=O) groups excluding carboxylic acids is 2. The molecule has 0 aromatic carbocycles. The molecule has 3 amide bonds. The predicted octanol–water partition coefficient (Wildman–Crippen LogP) is 0.325. The van der Waals surface area contributed by atoms with Gasteiger partial charge in [-0.15, -0.1) is 0 Å². The maximum atomic E-state index is 12.4. The van der Waals surface area contributed by atoms with E-state index in [1.807, 2.05) is 12.1 Å². The molecule has 25 heavy (non-hydrogen) atoms. The highest BCUT2D eigenvalue weighted by molar-refractivity contribution is 5.80. The third-order valence-electron chi connectivity index (χ3n) is 4.72. The number of morpholine rings is 1. The number of carbonyl (C=O) groups is 2. The van der Waals surface area contributed by atoms with Gasteiger partial charge in [-0.25, -0.2) is 9.78 Å². The second-order valence-electron chi connectivity index (χ2n) is 6.46. The summed E-state index contributed by atoms with van der Waals surface area (Å²) in [5, 5.41) is 2.97. The summed E-state index contributed by atoms with van der Waals surface area (Å²) in [5.41, 5.74) is 6.32. The van der Waals surface area contributed by atoms with Crippen LogP contribution >= 0.6 is 0 Å². The predicted molar refractivity (Wildman–Crippen MR) is 93.0 cm³/mol. The lowest BCUT2D eigenvalue weighted by Gasteiger charge is -2.30. The first-order chi connectivity index (χ1) is 12.1. The molecule has 2 aliphatic heterocycles. The van der Waals surface area contributed by atoms with Crippen molar-refractivity contribution >= 4 is 17.8 Å². The van der Waals surface area contributed by atoms with E-state index in [9.17, 15) is 9.59 Å². The van der Waals surface area contributed by atoms with E-state index in [2.05, 4.69) is 15.2 Å². The molecule has 1 aromatic heterocycles. The fraction of sp³-hybridized carbons (Fsp3) is 0.588. The zero-order valence-corrected chi connectivity index (χ0v) is 14.3. The Morgan fingerprint density at radius 1 is 1.32 bits per heavy atom. The lowest BCUT2D eigenvalue weighted by Crippen LogP contribution is -2.47. The van der Waals surface area contributed by atoms with Gasteiger partial charge in [0, 0.05) is 38.9 Å². The number of likely N-dealkylation sites (tertiary alicyclic amines) is 1. The van der Waals surface area contributed by atoms with Crippen molar-refractivity contribution in [2.45, 2.75) is 19.4 Å². The summed E-state index contributed by atoms with van der Waals surface area (Å²) < 4.78 is 5.36. The summed E-state index contributed by atoms with van der Waals surface area (Å²) in [7, 11) is 0. The SMILES string of the molecule is NC(=O)N1CCC[C@H](C(=O)NCc2ccnc(N3CCOCC3)c2)C1. The van der Waals surface area contributed by atoms with Crippen molar-refractivity contribution in [3.05, 3.63) is 23.9 Å². The minimum absolute atomic E-state index is 0.0318. The smallest absolute Gasteiger partial charge is 0.314 e. The highest BCUT2D eigenvalue weighted by Crippen LogP contribution is 2.17. The molecular weight excluding hydrogens is 322 g/mol. The minimum Gasteiger partial charge on any atom is -0.378 e. The average molecular weight is 347 g/mol. The molecule has 0 bridgehead atoms. The van der Waals surface area contributed by atoms with Crippen molar-refractivity contribution in [1.29, 1.82) is 0 Å². The lowest BCUT2D eigenvalue weighted by atomic mass is 9.97. The maximum absolute atomic E-state index is 12.4. The number of primary amides is 1. The van der Waals surface area contributed by atoms with Crippen molar-refractivity contribution in [2.75, 3.05) is 44.3 Å². The van der Waals surface area contributed by atoms with Gasteiger partial charge in [0.1, 0.15) is 5.82 Å². The number of urea groups is 1. The van der Waals surface area contributed by atoms with Crippen molar-refractivity contribution in [1.82, 2.24) is 15.2 Å². The van der Waals surface area contributed by atoms with E-state index >= 15 is 0 Å². The van der Waals surface area contributed by atoms with Crippen LogP contribution in [0.3, 0.4) is 0 Å². The summed E-state index contributed by atoms with van der Waals surface area (Å²) in [4.78, 5) is 31.8. The van der Waals surface area contributed by atoms with Crippen LogP contribution < -0.4 is 16.0 Å². The van der Waals surface area contributed by atoms with Crippen LogP contribution in [0, 0.1) is 5.92 Å². The molecule has 136 valence electrons. The van der Waals surface area contributed by atoms with E-state index in [1.54, 1.807) is 6.20 Å². The molecule has 3 rings (SSSR count). The van der Waals surface area contributed by atoms with E-state index < -0.39 is 6.03 Å². The third kappa shape index (κ3) is 4.60. The van der Waals surface area contributed by atoms with Crippen molar-refractivity contribution in [3.8, 4) is 0 Å². The number of nitrogens with zero attached hydrogens (tertiary/aromatic N) is 3. The van der Waals surface area contributed by atoms with Crippen molar-refractivity contribution < 1.29 is 14.3 Å². The number of nitrogens with two attached hydrogens (primary N) is 1. The van der Waals surface area contributed by atoms with Crippen LogP contribution in [0.25, 0.3) is 0 Å². The van der Waals surface area contributed by atoms with Crippen LogP contribution in [0.1, 0.15) is 18.4 Å². The number of ether oxygens (including phenoxy) is 1. The number of rotatable bonds is 4. The summed E-state index contributed by atoms with van der Waals surface area (Å²) in [6, 6.07) is 3.45. The molecule has 2 fully saturated rings. The Morgan fingerprint density at radius 2 is 2.12 bits per heavy atom. The van der Waals surface area contributed by atoms with Crippen LogP contribution in [-0.2, 0) is 16.1 Å². The quantitative estimate of drug-likeness (QED) is 0.817. The number of pyridine rings is 1. The Kier molecular flexibility index (Phi) is 5.70. The lowest BCUT2D eigenvalue weighted by molar-refractivity contribution is -0.126. The van der Waals surface area contributed by atoms with Gasteiger partial charge in [-0.05, 0) is 30.5 Å². The number of aromatic nitrogens is 1. The van der Waals surface area contributed by atoms with Gasteiger partial charge in [0.15, 0.2) is 0 Å². The third-order valence-corrected chi connectivity index (χ3v) is 4.72. The largest absolute Gasteiger partial charge is 0.378 e. The van der Waals surface area contributed by atoms with Gasteiger partial charge in [-0.3, -0.25) is 4.79 Å². The second kappa shape index (κ2) is 8.15. The summed E-state index contributed by atoms with van der Waals surface area (Å²) in [5.74, 6) is 0.685. The topological polar surface area (TPSA) is 101 Å². The summed E-state index contributed by atoms with van der Waals surface area (Å²) >= 11 is 0. The fourth-order valence-electron chi connectivity index (χ4n) is 3.26. The molecular formula is C17H25N5O3. The van der Waals surface area contributed by atoms with Crippen LogP contribution in [0.2, 0.25) is 0 Å². The molecule has 0 spiro atoms. The summed E-state index contributed by atoms with van der Waals surface area (Å²) in [6.07, 6.45) is 3.35. The monoisotopic (exact) mass is 347 g/mol. The van der Waals surface area contributed by atoms with E-state index in [0.29, 0.717) is 32.8 Å². The number of nitrogens with one attached hydrogen (secondary N) is 1. The van der Waals surface area contributed by atoms with Gasteiger partial charge in [0.05, 0.1) is 19.1 Å². The van der Waals surface area contributed by atoms with E-state index in [1.165, 1.54) is 4.90 Å². The van der Waals surface area contributed by atoms with Gasteiger partial charge < -0.3 is 25.6 Å². The highest BCUT2D eigenvalue weighted by atomic mass is 16.5. The van der Waals surface area contributed by atoms with E-state index in [4.69, 9.17) is 10.5 Å². The summed E-state index contributed by atoms with van der Waals surface area (Å²) in [6.45, 7) is 4.55. The Hall–Kier alpha value is -2.35. The molecule has 1 aromatic rings. The normalized spacial score (nSPS) is 21.0. The number of hydrogen-bond acceptors (Lipinski definition) is 5. The van der Waals surface area contributed by atoms with Gasteiger partial charge in [-0.2, -0.15) is 0 Å². The Labute approximate surface area is 147 Å². The van der Waals surface area contributed by atoms with Gasteiger partial charge in [0.25, 0.3) is 0 Å². The Bertz CT molecular complexity index is 618. The molecule has 3 heterocycles. The molecule has 0 saturated carbocycles. The zero-order valence-electron chi connectivity index (χ0n) is 14.3. The van der Waals surface area contributed by atoms with Crippen LogP contribution in [0.4, 0.5) is 10.6 Å². The van der Waals surface area contributed by atoms with E-state index in [-0.39, 0.29) is 11.8 Å². The molecule has 2 aliphatic rings. The molecule has 2 saturated heterocycles. The fourth-order valence-corrected chi connectivity index (χ4v) is 3.26. The molecule has 3 N–H and O–H groups in total. The maximum Gasteiger partial charge on any atom is 0.314 e. The Balaban J connectivity index is 1.54. The van der Waals surface area contributed by atoms with Crippen LogP contribution in [0.5, 0.6) is 0 Å².